The van der Waals surface area contributed by atoms with Crippen LogP contribution in [0.2, 0.25) is 0 Å². The number of nitrogens with zero attached hydrogens (tertiary/aromatic N) is 6. The SMILES string of the molecule is CC(C)(C)n1nnc(CC(=O)Nc2nc3ccccc3n2-c2ccccc2F)n1. The largest absolute Gasteiger partial charge is 0.295 e. The maximum absolute atomic E-state index is 14.5. The van der Waals surface area contributed by atoms with Crippen molar-refractivity contribution in [3.8, 4) is 5.69 Å². The molecule has 1 N–H and O–H groups in total. The number of aromatic nitrogens is 6. The van der Waals surface area contributed by atoms with E-state index in [0.717, 1.165) is 0 Å². The molecule has 148 valence electrons. The minimum absolute atomic E-state index is 0.0729. The van der Waals surface area contributed by atoms with Crippen LogP contribution < -0.4 is 5.32 Å². The highest BCUT2D eigenvalue weighted by Gasteiger charge is 2.20. The first-order valence-electron chi connectivity index (χ1n) is 9.14. The second kappa shape index (κ2) is 7.08. The average Bonchev–Trinajstić information content (AvgIpc) is 3.26. The van der Waals surface area contributed by atoms with Crippen LogP contribution in [0.1, 0.15) is 26.6 Å². The number of amides is 1. The molecule has 0 aliphatic heterocycles. The van der Waals surface area contributed by atoms with Crippen molar-refractivity contribution >= 4 is 22.9 Å². The van der Waals surface area contributed by atoms with Crippen LogP contribution in [0.15, 0.2) is 48.5 Å². The van der Waals surface area contributed by atoms with Crippen molar-refractivity contribution < 1.29 is 9.18 Å². The molecule has 0 atom stereocenters. The van der Waals surface area contributed by atoms with E-state index in [2.05, 4.69) is 25.7 Å². The van der Waals surface area contributed by atoms with Crippen LogP contribution in [-0.4, -0.2) is 35.7 Å². The number of hydrogen-bond donors (Lipinski definition) is 1. The molecule has 0 saturated heterocycles. The first-order chi connectivity index (χ1) is 13.8. The van der Waals surface area contributed by atoms with Crippen LogP contribution in [0.4, 0.5) is 10.3 Å². The van der Waals surface area contributed by atoms with E-state index < -0.39 is 5.82 Å². The third-order valence-corrected chi connectivity index (χ3v) is 4.28. The molecule has 0 bridgehead atoms. The van der Waals surface area contributed by atoms with E-state index in [9.17, 15) is 9.18 Å². The van der Waals surface area contributed by atoms with Crippen molar-refractivity contribution in [1.29, 1.82) is 0 Å². The molecule has 0 aliphatic rings. The summed E-state index contributed by atoms with van der Waals surface area (Å²) in [7, 11) is 0. The van der Waals surface area contributed by atoms with Crippen molar-refractivity contribution in [2.75, 3.05) is 5.32 Å². The van der Waals surface area contributed by atoms with Crippen molar-refractivity contribution in [2.24, 2.45) is 0 Å². The molecule has 0 saturated carbocycles. The zero-order valence-electron chi connectivity index (χ0n) is 16.3. The number of imidazole rings is 1. The van der Waals surface area contributed by atoms with E-state index in [4.69, 9.17) is 0 Å². The van der Waals surface area contributed by atoms with Crippen LogP contribution in [0.25, 0.3) is 16.7 Å². The molecule has 2 heterocycles. The van der Waals surface area contributed by atoms with Gasteiger partial charge in [0.05, 0.1) is 28.7 Å². The number of anilines is 1. The maximum Gasteiger partial charge on any atom is 0.234 e. The van der Waals surface area contributed by atoms with Crippen molar-refractivity contribution in [1.82, 2.24) is 29.8 Å². The van der Waals surface area contributed by atoms with Gasteiger partial charge in [0.25, 0.3) is 0 Å². The Balaban J connectivity index is 1.66. The molecule has 0 aliphatic carbocycles. The molecule has 4 aromatic rings. The second-order valence-corrected chi connectivity index (χ2v) is 7.60. The summed E-state index contributed by atoms with van der Waals surface area (Å²) in [5.41, 5.74) is 1.29. The van der Waals surface area contributed by atoms with Gasteiger partial charge in [0.15, 0.2) is 5.82 Å². The van der Waals surface area contributed by atoms with E-state index >= 15 is 0 Å². The summed E-state index contributed by atoms with van der Waals surface area (Å²) in [5, 5.41) is 14.9. The second-order valence-electron chi connectivity index (χ2n) is 7.60. The highest BCUT2D eigenvalue weighted by atomic mass is 19.1. The first kappa shape index (κ1) is 18.7. The van der Waals surface area contributed by atoms with Gasteiger partial charge in [-0.2, -0.15) is 4.80 Å². The smallest absolute Gasteiger partial charge is 0.234 e. The number of carbonyl (C=O) groups excluding carboxylic acids is 1. The van der Waals surface area contributed by atoms with Gasteiger partial charge in [0.1, 0.15) is 5.82 Å². The topological polar surface area (TPSA) is 90.5 Å². The summed E-state index contributed by atoms with van der Waals surface area (Å²) < 4.78 is 16.1. The van der Waals surface area contributed by atoms with Gasteiger partial charge < -0.3 is 0 Å². The summed E-state index contributed by atoms with van der Waals surface area (Å²) in [5.74, 6) is -0.261. The molecule has 0 radical (unpaired) electrons. The van der Waals surface area contributed by atoms with E-state index in [1.165, 1.54) is 10.9 Å². The number of halogens is 1. The number of para-hydroxylation sites is 3. The monoisotopic (exact) mass is 393 g/mol. The van der Waals surface area contributed by atoms with Crippen LogP contribution in [-0.2, 0) is 16.8 Å². The number of tetrazole rings is 1. The fourth-order valence-corrected chi connectivity index (χ4v) is 2.90. The highest BCUT2D eigenvalue weighted by molar-refractivity contribution is 5.93. The maximum atomic E-state index is 14.5. The Hall–Kier alpha value is -3.62. The molecule has 1 amide bonds. The summed E-state index contributed by atoms with van der Waals surface area (Å²) in [6.45, 7) is 5.82. The Morgan fingerprint density at radius 3 is 2.55 bits per heavy atom. The third kappa shape index (κ3) is 3.71. The van der Waals surface area contributed by atoms with Crippen LogP contribution in [0, 0.1) is 5.82 Å². The number of hydrogen-bond acceptors (Lipinski definition) is 5. The first-order valence-corrected chi connectivity index (χ1v) is 9.14. The number of rotatable bonds is 4. The van der Waals surface area contributed by atoms with Crippen molar-refractivity contribution in [2.45, 2.75) is 32.7 Å². The lowest BCUT2D eigenvalue weighted by Gasteiger charge is -2.15. The lowest BCUT2D eigenvalue weighted by Crippen LogP contribution is -2.25. The number of nitrogens with one attached hydrogen (secondary N) is 1. The Bertz CT molecular complexity index is 1190. The minimum Gasteiger partial charge on any atom is -0.295 e. The Morgan fingerprint density at radius 1 is 1.10 bits per heavy atom. The van der Waals surface area contributed by atoms with Crippen LogP contribution in [0.5, 0.6) is 0 Å². The van der Waals surface area contributed by atoms with Gasteiger partial charge in [0.2, 0.25) is 11.9 Å². The lowest BCUT2D eigenvalue weighted by atomic mass is 10.1. The van der Waals surface area contributed by atoms with Gasteiger partial charge in [-0.05, 0) is 50.3 Å². The minimum atomic E-state index is -0.416. The molecule has 4 rings (SSSR count). The predicted octanol–water partition coefficient (Wildman–Crippen LogP) is 3.09. The molecule has 8 nitrogen and oxygen atoms in total. The molecule has 2 aromatic carbocycles. The van der Waals surface area contributed by atoms with Crippen molar-refractivity contribution in [3.63, 3.8) is 0 Å². The van der Waals surface area contributed by atoms with Gasteiger partial charge >= 0.3 is 0 Å². The normalized spacial score (nSPS) is 11.7. The zero-order chi connectivity index (χ0) is 20.6. The summed E-state index contributed by atoms with van der Waals surface area (Å²) >= 11 is 0. The van der Waals surface area contributed by atoms with E-state index in [1.54, 1.807) is 28.8 Å². The zero-order valence-corrected chi connectivity index (χ0v) is 16.3. The molecule has 0 spiro atoms. The van der Waals surface area contributed by atoms with Gasteiger partial charge in [0, 0.05) is 0 Å². The number of benzene rings is 2. The Kier molecular flexibility index (Phi) is 4.57. The van der Waals surface area contributed by atoms with Crippen molar-refractivity contribution in [3.05, 3.63) is 60.2 Å². The fourth-order valence-electron chi connectivity index (χ4n) is 2.90. The molecule has 2 aromatic heterocycles. The van der Waals surface area contributed by atoms with Crippen LogP contribution >= 0.6 is 0 Å². The number of carbonyl (C=O) groups is 1. The van der Waals surface area contributed by atoms with Crippen LogP contribution in [0.3, 0.4) is 0 Å². The lowest BCUT2D eigenvalue weighted by molar-refractivity contribution is -0.115. The molecule has 29 heavy (non-hydrogen) atoms. The number of fused-ring (bicyclic) bond motifs is 1. The van der Waals surface area contributed by atoms with Gasteiger partial charge in [-0.3, -0.25) is 14.7 Å². The third-order valence-electron chi connectivity index (χ3n) is 4.28. The Labute approximate surface area is 166 Å². The van der Waals surface area contributed by atoms with Gasteiger partial charge in [-0.15, -0.1) is 10.2 Å². The molecule has 0 fully saturated rings. The van der Waals surface area contributed by atoms with Gasteiger partial charge in [-0.25, -0.2) is 9.37 Å². The predicted molar refractivity (Wildman–Crippen MR) is 106 cm³/mol. The van der Waals surface area contributed by atoms with E-state index in [0.29, 0.717) is 22.5 Å². The summed E-state index contributed by atoms with van der Waals surface area (Å²) in [6.07, 6.45) is -0.0729. The van der Waals surface area contributed by atoms with E-state index in [1.807, 2.05) is 39.0 Å². The van der Waals surface area contributed by atoms with E-state index in [-0.39, 0.29) is 23.8 Å². The Morgan fingerprint density at radius 2 is 1.83 bits per heavy atom. The summed E-state index contributed by atoms with van der Waals surface area (Å²) in [4.78, 5) is 18.5. The average molecular weight is 393 g/mol. The standard InChI is InChI=1S/C20H20FN7O/c1-20(2,3)28-25-17(24-26-28)12-18(29)23-19-22-14-9-5-7-11-16(14)27(19)15-10-6-4-8-13(15)21/h4-11H,12H2,1-3H3,(H,22,23,29). The van der Waals surface area contributed by atoms with Gasteiger partial charge in [-0.1, -0.05) is 24.3 Å². The molecule has 9 heteroatoms. The quantitative estimate of drug-likeness (QED) is 0.575. The fraction of sp³-hybridized carbons (Fsp3) is 0.250. The summed E-state index contributed by atoms with van der Waals surface area (Å²) in [6, 6.07) is 13.6. The molecular formula is C20H20FN7O. The molecular weight excluding hydrogens is 373 g/mol. The highest BCUT2D eigenvalue weighted by Crippen LogP contribution is 2.26. The molecule has 0 unspecified atom stereocenters.